The maximum absolute atomic E-state index is 12.9. The molecular weight excluding hydrogens is 362 g/mol. The molecule has 1 saturated heterocycles. The number of hydrogen-bond donors (Lipinski definition) is 2. The number of rotatable bonds is 6. The Kier molecular flexibility index (Phi) is 5.30. The van der Waals surface area contributed by atoms with Crippen LogP contribution in [0.3, 0.4) is 0 Å². The number of methoxy groups -OCH3 is 2. The van der Waals surface area contributed by atoms with Gasteiger partial charge in [0.2, 0.25) is 5.91 Å². The summed E-state index contributed by atoms with van der Waals surface area (Å²) in [5.74, 6) is -1.69. The van der Waals surface area contributed by atoms with Gasteiger partial charge in [0.1, 0.15) is 11.5 Å². The van der Waals surface area contributed by atoms with Crippen molar-refractivity contribution >= 4 is 29.2 Å². The summed E-state index contributed by atoms with van der Waals surface area (Å²) in [5.41, 5.74) is 0.966. The van der Waals surface area contributed by atoms with Gasteiger partial charge in [-0.1, -0.05) is 24.8 Å². The van der Waals surface area contributed by atoms with E-state index in [0.717, 1.165) is 4.90 Å². The molecule has 3 rings (SSSR count). The molecule has 8 nitrogen and oxygen atoms in total. The first-order valence-corrected chi connectivity index (χ1v) is 8.38. The van der Waals surface area contributed by atoms with Crippen molar-refractivity contribution in [1.29, 1.82) is 0 Å². The summed E-state index contributed by atoms with van der Waals surface area (Å²) in [6, 6.07) is 12.6. The Morgan fingerprint density at radius 3 is 2.43 bits per heavy atom. The number of urea groups is 1. The number of nitrogens with one attached hydrogen (secondary N) is 2. The van der Waals surface area contributed by atoms with Gasteiger partial charge in [-0.15, -0.1) is 0 Å². The summed E-state index contributed by atoms with van der Waals surface area (Å²) in [6.07, 6.45) is 0. The highest BCUT2D eigenvalue weighted by Gasteiger charge is 2.43. The lowest BCUT2D eigenvalue weighted by Gasteiger charge is -2.31. The van der Waals surface area contributed by atoms with Crippen molar-refractivity contribution in [1.82, 2.24) is 5.32 Å². The zero-order chi connectivity index (χ0) is 20.3. The standard InChI is InChI=1S/C20H19N3O5/c1-12(21-15-10-9-14(27-2)11-16(15)28-3)17-18(24)22-20(26)23(19(17)25)13-7-5-4-6-8-13/h4-11,17,21H,1H2,2-3H3,(H,22,24,26)/t17-/m0/s1. The van der Waals surface area contributed by atoms with E-state index < -0.39 is 23.8 Å². The summed E-state index contributed by atoms with van der Waals surface area (Å²) in [5, 5.41) is 5.13. The smallest absolute Gasteiger partial charge is 0.335 e. The fourth-order valence-electron chi connectivity index (χ4n) is 2.85. The number of amides is 4. The largest absolute Gasteiger partial charge is 0.497 e. The second-order valence-electron chi connectivity index (χ2n) is 5.95. The molecule has 0 aromatic heterocycles. The molecule has 4 amide bonds. The lowest BCUT2D eigenvalue weighted by Crippen LogP contribution is -2.59. The maximum Gasteiger partial charge on any atom is 0.335 e. The highest BCUT2D eigenvalue weighted by molar-refractivity contribution is 6.28. The molecule has 0 radical (unpaired) electrons. The predicted molar refractivity (Wildman–Crippen MR) is 103 cm³/mol. The zero-order valence-corrected chi connectivity index (χ0v) is 15.4. The van der Waals surface area contributed by atoms with Gasteiger partial charge in [-0.3, -0.25) is 14.9 Å². The Hall–Kier alpha value is -3.81. The molecule has 0 aliphatic carbocycles. The summed E-state index contributed by atoms with van der Waals surface area (Å²) >= 11 is 0. The van der Waals surface area contributed by atoms with Gasteiger partial charge in [-0.25, -0.2) is 9.69 Å². The number of carbonyl (C=O) groups is 3. The summed E-state index contributed by atoms with van der Waals surface area (Å²) in [7, 11) is 3.01. The fraction of sp³-hybridized carbons (Fsp3) is 0.150. The number of anilines is 2. The van der Waals surface area contributed by atoms with Crippen LogP contribution in [0.1, 0.15) is 0 Å². The van der Waals surface area contributed by atoms with Crippen molar-refractivity contribution in [2.24, 2.45) is 5.92 Å². The van der Waals surface area contributed by atoms with Crippen LogP contribution in [0.4, 0.5) is 16.2 Å². The molecule has 1 atom stereocenters. The third-order valence-corrected chi connectivity index (χ3v) is 4.23. The minimum atomic E-state index is -1.29. The number of barbiturate groups is 1. The van der Waals surface area contributed by atoms with Gasteiger partial charge in [-0.05, 0) is 24.3 Å². The average molecular weight is 381 g/mol. The predicted octanol–water partition coefficient (Wildman–Crippen LogP) is 2.53. The zero-order valence-electron chi connectivity index (χ0n) is 15.4. The molecule has 8 heteroatoms. The lowest BCUT2D eigenvalue weighted by atomic mass is 10.0. The molecule has 0 spiro atoms. The molecule has 1 aliphatic heterocycles. The average Bonchev–Trinajstić information content (AvgIpc) is 2.68. The van der Waals surface area contributed by atoms with E-state index in [0.29, 0.717) is 22.9 Å². The Bertz CT molecular complexity index is 942. The van der Waals surface area contributed by atoms with Gasteiger partial charge in [0.25, 0.3) is 5.91 Å². The lowest BCUT2D eigenvalue weighted by molar-refractivity contribution is -0.132. The molecule has 0 bridgehead atoms. The second-order valence-corrected chi connectivity index (χ2v) is 5.95. The molecule has 0 unspecified atom stereocenters. The number of carbonyl (C=O) groups excluding carboxylic acids is 3. The number of ether oxygens (including phenoxy) is 2. The van der Waals surface area contributed by atoms with E-state index in [4.69, 9.17) is 9.47 Å². The topological polar surface area (TPSA) is 97.0 Å². The first kappa shape index (κ1) is 19.0. The number of benzene rings is 2. The fourth-order valence-corrected chi connectivity index (χ4v) is 2.85. The van der Waals surface area contributed by atoms with E-state index >= 15 is 0 Å². The van der Waals surface area contributed by atoms with Crippen molar-refractivity contribution in [2.45, 2.75) is 0 Å². The Labute approximate surface area is 161 Å². The molecule has 0 saturated carbocycles. The van der Waals surface area contributed by atoms with Crippen molar-refractivity contribution in [3.05, 3.63) is 60.8 Å². The van der Waals surface area contributed by atoms with Crippen LogP contribution in [0.5, 0.6) is 11.5 Å². The van der Waals surface area contributed by atoms with Crippen molar-refractivity contribution < 1.29 is 23.9 Å². The first-order chi connectivity index (χ1) is 13.5. The first-order valence-electron chi connectivity index (χ1n) is 8.38. The van der Waals surface area contributed by atoms with Gasteiger partial charge in [0, 0.05) is 11.8 Å². The molecular formula is C20H19N3O5. The maximum atomic E-state index is 12.9. The highest BCUT2D eigenvalue weighted by Crippen LogP contribution is 2.32. The van der Waals surface area contributed by atoms with Crippen molar-refractivity contribution in [3.8, 4) is 11.5 Å². The summed E-state index contributed by atoms with van der Waals surface area (Å²) in [6.45, 7) is 3.83. The van der Waals surface area contributed by atoms with Gasteiger partial charge < -0.3 is 14.8 Å². The van der Waals surface area contributed by atoms with Crippen LogP contribution in [0.2, 0.25) is 0 Å². The van der Waals surface area contributed by atoms with Crippen LogP contribution in [-0.2, 0) is 9.59 Å². The number of hydrogen-bond acceptors (Lipinski definition) is 6. The van der Waals surface area contributed by atoms with Gasteiger partial charge in [0.15, 0.2) is 5.92 Å². The van der Waals surface area contributed by atoms with Crippen LogP contribution in [-0.4, -0.2) is 32.1 Å². The monoisotopic (exact) mass is 381 g/mol. The minimum Gasteiger partial charge on any atom is -0.497 e. The van der Waals surface area contributed by atoms with Crippen molar-refractivity contribution in [3.63, 3.8) is 0 Å². The van der Waals surface area contributed by atoms with Crippen LogP contribution in [0, 0.1) is 5.92 Å². The number of imide groups is 2. The molecule has 2 aromatic carbocycles. The number of para-hydroxylation sites is 1. The van der Waals surface area contributed by atoms with E-state index in [9.17, 15) is 14.4 Å². The summed E-state index contributed by atoms with van der Waals surface area (Å²) in [4.78, 5) is 38.4. The van der Waals surface area contributed by atoms with E-state index in [1.807, 2.05) is 0 Å². The molecule has 2 aromatic rings. The quantitative estimate of drug-likeness (QED) is 0.747. The Morgan fingerprint density at radius 1 is 1.07 bits per heavy atom. The van der Waals surface area contributed by atoms with Crippen LogP contribution >= 0.6 is 0 Å². The Morgan fingerprint density at radius 2 is 1.79 bits per heavy atom. The number of nitrogens with zero attached hydrogens (tertiary/aromatic N) is 1. The van der Waals surface area contributed by atoms with Gasteiger partial charge >= 0.3 is 6.03 Å². The molecule has 1 heterocycles. The SMILES string of the molecule is C=C(Nc1ccc(OC)cc1OC)[C@H]1C(=O)NC(=O)N(c2ccccc2)C1=O. The molecule has 2 N–H and O–H groups in total. The van der Waals surface area contributed by atoms with Gasteiger partial charge in [0.05, 0.1) is 25.6 Å². The van der Waals surface area contributed by atoms with Crippen LogP contribution in [0.15, 0.2) is 60.8 Å². The van der Waals surface area contributed by atoms with E-state index in [-0.39, 0.29) is 5.70 Å². The molecule has 1 aliphatic rings. The highest BCUT2D eigenvalue weighted by atomic mass is 16.5. The summed E-state index contributed by atoms with van der Waals surface area (Å²) < 4.78 is 10.5. The van der Waals surface area contributed by atoms with Crippen LogP contribution < -0.4 is 25.0 Å². The third kappa shape index (κ3) is 3.52. The Balaban J connectivity index is 1.87. The second kappa shape index (κ2) is 7.83. The van der Waals surface area contributed by atoms with E-state index in [1.54, 1.807) is 48.5 Å². The molecule has 28 heavy (non-hydrogen) atoms. The minimum absolute atomic E-state index is 0.111. The third-order valence-electron chi connectivity index (χ3n) is 4.23. The molecule has 144 valence electrons. The molecule has 1 fully saturated rings. The van der Waals surface area contributed by atoms with Crippen LogP contribution in [0.25, 0.3) is 0 Å². The van der Waals surface area contributed by atoms with Gasteiger partial charge in [-0.2, -0.15) is 0 Å². The normalized spacial score (nSPS) is 16.4. The van der Waals surface area contributed by atoms with E-state index in [2.05, 4.69) is 17.2 Å². The van der Waals surface area contributed by atoms with Crippen molar-refractivity contribution in [2.75, 3.05) is 24.4 Å². The van der Waals surface area contributed by atoms with E-state index in [1.165, 1.54) is 14.2 Å².